The van der Waals surface area contributed by atoms with Gasteiger partial charge in [0.15, 0.2) is 5.65 Å². The summed E-state index contributed by atoms with van der Waals surface area (Å²) >= 11 is 13.0. The van der Waals surface area contributed by atoms with Crippen LogP contribution in [0.1, 0.15) is 12.8 Å². The molecule has 1 aliphatic heterocycles. The molecule has 1 aromatic carbocycles. The van der Waals surface area contributed by atoms with E-state index in [0.29, 0.717) is 39.2 Å². The van der Waals surface area contributed by atoms with E-state index in [4.69, 9.17) is 37.9 Å². The summed E-state index contributed by atoms with van der Waals surface area (Å²) in [5.74, 6) is 0.504. The van der Waals surface area contributed by atoms with Gasteiger partial charge in [-0.05, 0) is 37.1 Å². The van der Waals surface area contributed by atoms with Crippen molar-refractivity contribution < 1.29 is 4.74 Å². The Morgan fingerprint density at radius 2 is 2.09 bits per heavy atom. The van der Waals surface area contributed by atoms with Gasteiger partial charge in [0.2, 0.25) is 0 Å². The Labute approximate surface area is 206 Å². The Morgan fingerprint density at radius 3 is 2.79 bits per heavy atom. The summed E-state index contributed by atoms with van der Waals surface area (Å²) in [5.41, 5.74) is 5.20. The molecule has 1 atom stereocenters. The second-order valence-corrected chi connectivity index (χ2v) is 8.96. The quantitative estimate of drug-likeness (QED) is 0.435. The van der Waals surface area contributed by atoms with Crippen LogP contribution in [0.3, 0.4) is 0 Å². The van der Waals surface area contributed by atoms with E-state index < -0.39 is 0 Å². The molecule has 0 radical (unpaired) electrons. The van der Waals surface area contributed by atoms with Gasteiger partial charge in [-0.3, -0.25) is 9.67 Å². The standard InChI is InChI=1S/C24H23Cl2N7O/c1-14-4-5-16(29-14)13-33-21(31-23-17(25)6-8-20(34-3)22(23)26)9-7-18-24(33)30-19(11-27-18)15-10-28-32(2)12-15/h6-12,16,29H,1,4-5,13H2,2-3H3. The third-order valence-corrected chi connectivity index (χ3v) is 6.46. The van der Waals surface area contributed by atoms with Crippen molar-refractivity contribution in [2.75, 3.05) is 7.11 Å². The van der Waals surface area contributed by atoms with E-state index in [2.05, 4.69) is 22.0 Å². The molecule has 5 rings (SSSR count). The highest BCUT2D eigenvalue weighted by Gasteiger charge is 2.20. The molecule has 4 heterocycles. The van der Waals surface area contributed by atoms with Crippen LogP contribution in [-0.4, -0.2) is 37.5 Å². The van der Waals surface area contributed by atoms with Crippen molar-refractivity contribution in [1.29, 1.82) is 0 Å². The molecule has 1 aliphatic rings. The molecule has 0 saturated carbocycles. The summed E-state index contributed by atoms with van der Waals surface area (Å²) in [6.07, 6.45) is 7.34. The summed E-state index contributed by atoms with van der Waals surface area (Å²) in [7, 11) is 3.43. The summed E-state index contributed by atoms with van der Waals surface area (Å²) in [6, 6.07) is 7.43. The van der Waals surface area contributed by atoms with Crippen molar-refractivity contribution >= 4 is 40.1 Å². The Hall–Kier alpha value is -3.36. The number of methoxy groups -OCH3 is 1. The molecular formula is C24H23Cl2N7O. The van der Waals surface area contributed by atoms with E-state index >= 15 is 0 Å². The van der Waals surface area contributed by atoms with Gasteiger partial charge in [-0.1, -0.05) is 29.8 Å². The van der Waals surface area contributed by atoms with Gasteiger partial charge in [-0.25, -0.2) is 9.98 Å². The number of nitrogens with one attached hydrogen (secondary N) is 1. The largest absolute Gasteiger partial charge is 0.495 e. The van der Waals surface area contributed by atoms with Crippen molar-refractivity contribution in [3.8, 4) is 17.0 Å². The lowest BCUT2D eigenvalue weighted by Crippen LogP contribution is -2.32. The van der Waals surface area contributed by atoms with Crippen LogP contribution in [0.2, 0.25) is 10.0 Å². The molecule has 8 nitrogen and oxygen atoms in total. The minimum atomic E-state index is 0.192. The Balaban J connectivity index is 1.73. The summed E-state index contributed by atoms with van der Waals surface area (Å²) in [4.78, 5) is 14.5. The fourth-order valence-corrected chi connectivity index (χ4v) is 4.60. The van der Waals surface area contributed by atoms with Gasteiger partial charge < -0.3 is 14.6 Å². The van der Waals surface area contributed by atoms with Crippen molar-refractivity contribution in [1.82, 2.24) is 29.6 Å². The van der Waals surface area contributed by atoms with Crippen LogP contribution in [-0.2, 0) is 13.6 Å². The van der Waals surface area contributed by atoms with Gasteiger partial charge in [0.1, 0.15) is 27.5 Å². The first-order valence-corrected chi connectivity index (χ1v) is 11.5. The van der Waals surface area contributed by atoms with E-state index in [-0.39, 0.29) is 6.04 Å². The zero-order chi connectivity index (χ0) is 23.8. The molecule has 1 N–H and O–H groups in total. The molecule has 0 spiro atoms. The van der Waals surface area contributed by atoms with Crippen LogP contribution < -0.4 is 15.5 Å². The normalized spacial score (nSPS) is 16.3. The molecule has 0 bridgehead atoms. The zero-order valence-corrected chi connectivity index (χ0v) is 20.3. The SMILES string of the molecule is C=C1CCC(Cn2c(=Nc3c(Cl)ccc(OC)c3Cl)ccc3ncc(-c4cnn(C)c4)nc32)N1. The average Bonchev–Trinajstić information content (AvgIpc) is 3.45. The third kappa shape index (κ3) is 4.26. The first-order valence-electron chi connectivity index (χ1n) is 10.8. The number of rotatable bonds is 5. The van der Waals surface area contributed by atoms with E-state index in [1.807, 2.05) is 29.9 Å². The molecule has 1 saturated heterocycles. The molecular weight excluding hydrogens is 473 g/mol. The number of aryl methyl sites for hydroxylation is 1. The second kappa shape index (κ2) is 9.12. The summed E-state index contributed by atoms with van der Waals surface area (Å²) in [5, 5.41) is 8.50. The number of pyridine rings is 1. The highest BCUT2D eigenvalue weighted by molar-refractivity contribution is 6.39. The lowest BCUT2D eigenvalue weighted by atomic mass is 10.2. The van der Waals surface area contributed by atoms with E-state index in [1.54, 1.807) is 36.3 Å². The van der Waals surface area contributed by atoms with Gasteiger partial charge >= 0.3 is 0 Å². The number of hydrogen-bond donors (Lipinski definition) is 1. The fraction of sp³-hybridized carbons (Fsp3) is 0.250. The van der Waals surface area contributed by atoms with Crippen LogP contribution in [0.5, 0.6) is 5.75 Å². The van der Waals surface area contributed by atoms with E-state index in [9.17, 15) is 0 Å². The Morgan fingerprint density at radius 1 is 1.24 bits per heavy atom. The maximum Gasteiger partial charge on any atom is 0.160 e. The summed E-state index contributed by atoms with van der Waals surface area (Å²) in [6.45, 7) is 4.69. The van der Waals surface area contributed by atoms with Gasteiger partial charge in [-0.15, -0.1) is 0 Å². The van der Waals surface area contributed by atoms with Crippen LogP contribution in [0.15, 0.2) is 60.1 Å². The van der Waals surface area contributed by atoms with Crippen molar-refractivity contribution in [2.24, 2.45) is 12.0 Å². The topological polar surface area (TPSA) is 82.2 Å². The monoisotopic (exact) mass is 495 g/mol. The van der Waals surface area contributed by atoms with Crippen LogP contribution in [0, 0.1) is 0 Å². The van der Waals surface area contributed by atoms with Crippen molar-refractivity contribution in [3.63, 3.8) is 0 Å². The van der Waals surface area contributed by atoms with Crippen molar-refractivity contribution in [2.45, 2.75) is 25.4 Å². The van der Waals surface area contributed by atoms with Crippen LogP contribution >= 0.6 is 23.2 Å². The van der Waals surface area contributed by atoms with E-state index in [0.717, 1.165) is 35.3 Å². The molecule has 0 aliphatic carbocycles. The number of nitrogens with zero attached hydrogens (tertiary/aromatic N) is 6. The zero-order valence-electron chi connectivity index (χ0n) is 18.8. The molecule has 0 amide bonds. The minimum Gasteiger partial charge on any atom is -0.495 e. The lowest BCUT2D eigenvalue weighted by Gasteiger charge is -2.17. The van der Waals surface area contributed by atoms with Gasteiger partial charge in [0.05, 0.1) is 30.2 Å². The van der Waals surface area contributed by atoms with Gasteiger partial charge in [0.25, 0.3) is 0 Å². The number of benzene rings is 1. The summed E-state index contributed by atoms with van der Waals surface area (Å²) < 4.78 is 9.14. The number of ether oxygens (including phenoxy) is 1. The first kappa shape index (κ1) is 22.4. The highest BCUT2D eigenvalue weighted by Crippen LogP contribution is 2.39. The predicted molar refractivity (Wildman–Crippen MR) is 133 cm³/mol. The molecule has 1 unspecified atom stereocenters. The average molecular weight is 496 g/mol. The fourth-order valence-electron chi connectivity index (χ4n) is 4.06. The van der Waals surface area contributed by atoms with Crippen LogP contribution in [0.4, 0.5) is 5.69 Å². The highest BCUT2D eigenvalue weighted by atomic mass is 35.5. The maximum absolute atomic E-state index is 6.56. The first-order chi connectivity index (χ1) is 16.4. The molecule has 4 aromatic rings. The molecule has 10 heteroatoms. The molecule has 174 valence electrons. The Kier molecular flexibility index (Phi) is 6.02. The maximum atomic E-state index is 6.56. The van der Waals surface area contributed by atoms with Gasteiger partial charge in [0, 0.05) is 37.1 Å². The lowest BCUT2D eigenvalue weighted by molar-refractivity contribution is 0.415. The number of halogens is 2. The predicted octanol–water partition coefficient (Wildman–Crippen LogP) is 4.65. The third-order valence-electron chi connectivity index (χ3n) is 5.79. The van der Waals surface area contributed by atoms with Crippen molar-refractivity contribution in [3.05, 3.63) is 70.7 Å². The number of allylic oxidation sites excluding steroid dienone is 1. The number of aromatic nitrogens is 5. The van der Waals surface area contributed by atoms with E-state index in [1.165, 1.54) is 0 Å². The molecule has 3 aromatic heterocycles. The molecule has 1 fully saturated rings. The van der Waals surface area contributed by atoms with Gasteiger partial charge in [-0.2, -0.15) is 5.10 Å². The Bertz CT molecular complexity index is 1470. The van der Waals surface area contributed by atoms with Crippen LogP contribution in [0.25, 0.3) is 22.4 Å². The molecule has 34 heavy (non-hydrogen) atoms. The smallest absolute Gasteiger partial charge is 0.160 e. The second-order valence-electron chi connectivity index (χ2n) is 8.18. The number of fused-ring (bicyclic) bond motifs is 1. The number of hydrogen-bond acceptors (Lipinski definition) is 6. The minimum absolute atomic E-state index is 0.192.